The Labute approximate surface area is 72.4 Å². The van der Waals surface area contributed by atoms with Gasteiger partial charge in [0.1, 0.15) is 0 Å². The zero-order valence-electron chi connectivity index (χ0n) is 7.20. The molecule has 0 aromatic carbocycles. The van der Waals surface area contributed by atoms with Gasteiger partial charge in [-0.25, -0.2) is 4.79 Å². The molecule has 1 heterocycles. The maximum Gasteiger partial charge on any atom is 0.358 e. The van der Waals surface area contributed by atoms with E-state index in [-0.39, 0.29) is 11.5 Å². The molecule has 0 aliphatic carbocycles. The van der Waals surface area contributed by atoms with Gasteiger partial charge in [-0.2, -0.15) is 0 Å². The van der Waals surface area contributed by atoms with Crippen LogP contribution < -0.4 is 22.2 Å². The number of nitrogens with zero attached hydrogens (tertiary/aromatic N) is 2. The second-order valence-electron chi connectivity index (χ2n) is 2.57. The van der Waals surface area contributed by atoms with E-state index in [4.69, 9.17) is 5.73 Å². The van der Waals surface area contributed by atoms with Gasteiger partial charge in [0.2, 0.25) is 0 Å². The number of rotatable bonds is 1. The number of hydrogen-bond donors (Lipinski definition) is 2. The van der Waals surface area contributed by atoms with E-state index in [1.807, 2.05) is 0 Å². The monoisotopic (exact) mass is 185 g/mol. The van der Waals surface area contributed by atoms with Crippen molar-refractivity contribution in [3.63, 3.8) is 0 Å². The summed E-state index contributed by atoms with van der Waals surface area (Å²) in [5.74, 6) is -0.164. The minimum absolute atomic E-state index is 0.164. The summed E-state index contributed by atoms with van der Waals surface area (Å²) in [5, 5.41) is 1.40. The minimum Gasteiger partial charge on any atom is -0.379 e. The van der Waals surface area contributed by atoms with E-state index in [1.54, 1.807) is 0 Å². The smallest absolute Gasteiger partial charge is 0.358 e. The molecule has 0 saturated carbocycles. The van der Waals surface area contributed by atoms with E-state index >= 15 is 0 Å². The van der Waals surface area contributed by atoms with Crippen LogP contribution in [0.3, 0.4) is 0 Å². The molecule has 0 aliphatic heterocycles. The maximum atomic E-state index is 11.2. The number of hydrogen-bond acceptors (Lipinski definition) is 4. The van der Waals surface area contributed by atoms with Gasteiger partial charge in [0, 0.05) is 24.2 Å². The predicted molar refractivity (Wildman–Crippen MR) is 45.3 cm³/mol. The van der Waals surface area contributed by atoms with Crippen molar-refractivity contribution >= 4 is 11.5 Å². The summed E-state index contributed by atoms with van der Waals surface area (Å²) in [6.45, 7) is 0. The molecule has 0 radical (unpaired) electrons. The molecule has 1 aromatic rings. The highest BCUT2D eigenvalue weighted by Crippen LogP contribution is 1.99. The number of nitrogen functional groups attached to an aromatic ring is 1. The highest BCUT2D eigenvalue weighted by molar-refractivity contribution is 5.49. The number of aromatic nitrogens is 2. The zero-order valence-corrected chi connectivity index (χ0v) is 7.20. The molecule has 7 nitrogen and oxygen atoms in total. The first-order valence-corrected chi connectivity index (χ1v) is 3.44. The molecule has 1 aromatic heterocycles. The fourth-order valence-corrected chi connectivity index (χ4v) is 0.956. The van der Waals surface area contributed by atoms with Crippen molar-refractivity contribution in [2.45, 2.75) is 0 Å². The van der Waals surface area contributed by atoms with Crippen molar-refractivity contribution < 1.29 is 5.18 Å². The fraction of sp³-hybridized carbons (Fsp3) is 0.333. The largest absolute Gasteiger partial charge is 0.379 e. The average Bonchev–Trinajstić information content (AvgIpc) is 2.13. The molecule has 0 atom stereocenters. The summed E-state index contributed by atoms with van der Waals surface area (Å²) in [5.41, 5.74) is 3.74. The fourth-order valence-electron chi connectivity index (χ4n) is 0.956. The summed E-state index contributed by atoms with van der Waals surface area (Å²) in [4.78, 5) is 32.7. The molecule has 3 N–H and O–H groups in total. The molecule has 0 aliphatic rings. The van der Waals surface area contributed by atoms with E-state index in [2.05, 4.69) is 0 Å². The Hall–Kier alpha value is -1.92. The summed E-state index contributed by atoms with van der Waals surface area (Å²) in [7, 11) is 2.64. The van der Waals surface area contributed by atoms with Crippen LogP contribution in [-0.2, 0) is 14.1 Å². The van der Waals surface area contributed by atoms with Crippen LogP contribution >= 0.6 is 0 Å². The third-order valence-electron chi connectivity index (χ3n) is 1.81. The van der Waals surface area contributed by atoms with Gasteiger partial charge < -0.3 is 5.73 Å². The van der Waals surface area contributed by atoms with Gasteiger partial charge in [-0.05, 0) is 0 Å². The lowest BCUT2D eigenvalue weighted by Crippen LogP contribution is -2.62. The SMILES string of the molecule is Cn1c(N)c([NH+]=O)c(=O)n(C)c1=O. The van der Waals surface area contributed by atoms with Gasteiger partial charge in [0.05, 0.1) is 0 Å². The van der Waals surface area contributed by atoms with Crippen molar-refractivity contribution in [3.05, 3.63) is 25.7 Å². The van der Waals surface area contributed by atoms with E-state index in [0.29, 0.717) is 0 Å². The molecule has 0 unspecified atom stereocenters. The molecular formula is C6H9N4O3+. The second kappa shape index (κ2) is 2.85. The van der Waals surface area contributed by atoms with Crippen molar-refractivity contribution in [3.8, 4) is 0 Å². The number of nitroso groups, excluding NO2 is 1. The lowest BCUT2D eigenvalue weighted by molar-refractivity contribution is -0.380. The number of nitrogens with one attached hydrogen (secondary N) is 1. The molecule has 0 saturated heterocycles. The zero-order chi connectivity index (χ0) is 10.2. The Morgan fingerprint density at radius 2 is 1.77 bits per heavy atom. The predicted octanol–water partition coefficient (Wildman–Crippen LogP) is -2.86. The van der Waals surface area contributed by atoms with E-state index < -0.39 is 11.2 Å². The van der Waals surface area contributed by atoms with E-state index in [1.165, 1.54) is 19.3 Å². The summed E-state index contributed by atoms with van der Waals surface area (Å²) >= 11 is 0. The van der Waals surface area contributed by atoms with Gasteiger partial charge in [-0.3, -0.25) is 13.9 Å². The Balaban J connectivity index is 3.88. The van der Waals surface area contributed by atoms with Gasteiger partial charge in [0.15, 0.2) is 5.82 Å². The van der Waals surface area contributed by atoms with Crippen LogP contribution in [0.4, 0.5) is 11.5 Å². The number of nitrogens with two attached hydrogens (primary N) is 1. The molecular weight excluding hydrogens is 176 g/mol. The van der Waals surface area contributed by atoms with Gasteiger partial charge in [-0.15, -0.1) is 0 Å². The highest BCUT2D eigenvalue weighted by Gasteiger charge is 2.18. The van der Waals surface area contributed by atoms with E-state index in [0.717, 1.165) is 9.13 Å². The van der Waals surface area contributed by atoms with Crippen LogP contribution in [0, 0.1) is 4.91 Å². The lowest BCUT2D eigenvalue weighted by Gasteiger charge is -2.02. The van der Waals surface area contributed by atoms with Gasteiger partial charge in [0.25, 0.3) is 0 Å². The van der Waals surface area contributed by atoms with Crippen molar-refractivity contribution in [2.75, 3.05) is 5.73 Å². The van der Waals surface area contributed by atoms with Gasteiger partial charge >= 0.3 is 16.9 Å². The van der Waals surface area contributed by atoms with Crippen LogP contribution in [0.25, 0.3) is 0 Å². The van der Waals surface area contributed by atoms with Crippen LogP contribution in [0.5, 0.6) is 0 Å². The standard InChI is InChI=1S/C6H8N4O3/c1-9-4(7)3(8-13)5(11)10(2)6(9)12/h7H2,1-2H3/p+1. The minimum atomic E-state index is -0.726. The Morgan fingerprint density at radius 3 is 2.23 bits per heavy atom. The topological polar surface area (TPSA) is 101 Å². The van der Waals surface area contributed by atoms with E-state index in [9.17, 15) is 14.5 Å². The quantitative estimate of drug-likeness (QED) is 0.491. The third kappa shape index (κ3) is 1.13. The molecule has 70 valence electrons. The second-order valence-corrected chi connectivity index (χ2v) is 2.57. The maximum absolute atomic E-state index is 11.2. The molecule has 1 rings (SSSR count). The Kier molecular flexibility index (Phi) is 2.01. The first-order chi connectivity index (χ1) is 6.00. The average molecular weight is 185 g/mol. The third-order valence-corrected chi connectivity index (χ3v) is 1.81. The Morgan fingerprint density at radius 1 is 1.23 bits per heavy atom. The molecule has 0 fully saturated rings. The first kappa shape index (κ1) is 9.17. The molecule has 0 amide bonds. The first-order valence-electron chi connectivity index (χ1n) is 3.44. The summed E-state index contributed by atoms with van der Waals surface area (Å²) in [6, 6.07) is 0. The van der Waals surface area contributed by atoms with Crippen LogP contribution in [0.15, 0.2) is 9.59 Å². The van der Waals surface area contributed by atoms with Crippen LogP contribution in [0.2, 0.25) is 0 Å². The normalized spacial score (nSPS) is 10.0. The van der Waals surface area contributed by atoms with Crippen molar-refractivity contribution in [1.82, 2.24) is 9.13 Å². The van der Waals surface area contributed by atoms with Crippen LogP contribution in [-0.4, -0.2) is 9.13 Å². The Bertz CT molecular complexity index is 470. The van der Waals surface area contributed by atoms with Crippen molar-refractivity contribution in [1.29, 1.82) is 0 Å². The number of anilines is 1. The van der Waals surface area contributed by atoms with Crippen LogP contribution in [0.1, 0.15) is 0 Å². The highest BCUT2D eigenvalue weighted by atomic mass is 16.3. The molecule has 7 heteroatoms. The molecule has 0 bridgehead atoms. The summed E-state index contributed by atoms with van der Waals surface area (Å²) < 4.78 is 1.82. The summed E-state index contributed by atoms with van der Waals surface area (Å²) in [6.07, 6.45) is 0. The molecule has 0 spiro atoms. The van der Waals surface area contributed by atoms with Gasteiger partial charge in [-0.1, -0.05) is 0 Å². The molecule has 13 heavy (non-hydrogen) atoms. The van der Waals surface area contributed by atoms with Crippen molar-refractivity contribution in [2.24, 2.45) is 14.1 Å². The lowest BCUT2D eigenvalue weighted by atomic mass is 10.4.